The Morgan fingerprint density at radius 1 is 1.25 bits per heavy atom. The van der Waals surface area contributed by atoms with Crippen molar-refractivity contribution in [2.75, 3.05) is 19.7 Å². The molecule has 3 N–H and O–H groups in total. The second kappa shape index (κ2) is 5.89. The Hall–Kier alpha value is -1.87. The normalized spacial score (nSPS) is 29.1. The minimum Gasteiger partial charge on any atom is -0.443 e. The molecule has 9 nitrogen and oxygen atoms in total. The van der Waals surface area contributed by atoms with E-state index in [9.17, 15) is 14.4 Å². The molecule has 0 aromatic heterocycles. The van der Waals surface area contributed by atoms with Crippen LogP contribution in [0.5, 0.6) is 0 Å². The van der Waals surface area contributed by atoms with Crippen LogP contribution in [0.25, 0.3) is 0 Å². The molecule has 24 heavy (non-hydrogen) atoms. The van der Waals surface area contributed by atoms with Gasteiger partial charge in [-0.3, -0.25) is 9.69 Å². The van der Waals surface area contributed by atoms with Gasteiger partial charge in [0.25, 0.3) is 5.91 Å². The van der Waals surface area contributed by atoms with Crippen LogP contribution in [0.2, 0.25) is 0 Å². The van der Waals surface area contributed by atoms with Gasteiger partial charge in [0, 0.05) is 6.04 Å². The number of ether oxygens (including phenoxy) is 2. The van der Waals surface area contributed by atoms with Gasteiger partial charge in [0.1, 0.15) is 5.60 Å². The van der Waals surface area contributed by atoms with Crippen molar-refractivity contribution >= 4 is 18.0 Å². The lowest BCUT2D eigenvalue weighted by molar-refractivity contribution is -0.133. The standard InChI is InChI=1S/C15H24N4O5/c1-14(2,3)24-13(22)18-12(21)19-11-15(19,8-23-11)10(20)17-9-4-6-16-7-5-9/h9,11,16H,4-8H2,1-3H3,(H,17,20)(H,18,21,22). The minimum absolute atomic E-state index is 0.103. The quantitative estimate of drug-likeness (QED) is 0.606. The molecule has 3 aliphatic rings. The second-order valence-corrected chi connectivity index (χ2v) is 7.39. The molecule has 3 aliphatic heterocycles. The Morgan fingerprint density at radius 2 is 1.92 bits per heavy atom. The fraction of sp³-hybridized carbons (Fsp3) is 0.800. The van der Waals surface area contributed by atoms with Crippen molar-refractivity contribution < 1.29 is 23.9 Å². The number of imide groups is 1. The molecule has 3 saturated heterocycles. The molecule has 0 saturated carbocycles. The lowest BCUT2D eigenvalue weighted by Crippen LogP contribution is -2.54. The van der Waals surface area contributed by atoms with Crippen molar-refractivity contribution in [3.63, 3.8) is 0 Å². The number of hydrogen-bond donors (Lipinski definition) is 3. The maximum absolute atomic E-state index is 12.5. The molecule has 2 atom stereocenters. The van der Waals surface area contributed by atoms with E-state index in [2.05, 4.69) is 16.0 Å². The van der Waals surface area contributed by atoms with Crippen LogP contribution in [0.3, 0.4) is 0 Å². The highest BCUT2D eigenvalue weighted by molar-refractivity contribution is 6.02. The van der Waals surface area contributed by atoms with Gasteiger partial charge in [-0.2, -0.15) is 0 Å². The zero-order valence-corrected chi connectivity index (χ0v) is 14.2. The highest BCUT2D eigenvalue weighted by Crippen LogP contribution is 2.50. The maximum atomic E-state index is 12.5. The van der Waals surface area contributed by atoms with Gasteiger partial charge < -0.3 is 20.1 Å². The average molecular weight is 340 g/mol. The van der Waals surface area contributed by atoms with Crippen molar-refractivity contribution in [1.82, 2.24) is 20.9 Å². The number of alkyl carbamates (subject to hydrolysis) is 1. The van der Waals surface area contributed by atoms with E-state index in [1.54, 1.807) is 20.8 Å². The molecule has 3 fully saturated rings. The Labute approximate surface area is 140 Å². The zero-order valence-electron chi connectivity index (χ0n) is 14.2. The van der Waals surface area contributed by atoms with Crippen molar-refractivity contribution in [2.24, 2.45) is 0 Å². The first kappa shape index (κ1) is 17.0. The summed E-state index contributed by atoms with van der Waals surface area (Å²) >= 11 is 0. The Balaban J connectivity index is 1.55. The predicted molar refractivity (Wildman–Crippen MR) is 83.1 cm³/mol. The molecule has 0 aromatic carbocycles. The van der Waals surface area contributed by atoms with Gasteiger partial charge in [-0.05, 0) is 46.7 Å². The van der Waals surface area contributed by atoms with Gasteiger partial charge in [-0.15, -0.1) is 0 Å². The first-order chi connectivity index (χ1) is 11.2. The lowest BCUT2D eigenvalue weighted by Gasteiger charge is -2.27. The van der Waals surface area contributed by atoms with Crippen molar-refractivity contribution in [2.45, 2.75) is 57.0 Å². The molecule has 3 heterocycles. The van der Waals surface area contributed by atoms with Gasteiger partial charge in [0.05, 0.1) is 6.61 Å². The summed E-state index contributed by atoms with van der Waals surface area (Å²) in [5.41, 5.74) is -1.68. The molecule has 0 radical (unpaired) electrons. The summed E-state index contributed by atoms with van der Waals surface area (Å²) in [4.78, 5) is 37.7. The van der Waals surface area contributed by atoms with E-state index >= 15 is 0 Å². The van der Waals surface area contributed by atoms with Crippen LogP contribution in [0, 0.1) is 0 Å². The fourth-order valence-electron chi connectivity index (χ4n) is 3.07. The molecule has 134 valence electrons. The number of piperidine rings is 1. The maximum Gasteiger partial charge on any atom is 0.415 e. The Kier molecular flexibility index (Phi) is 4.16. The molecule has 0 aromatic rings. The molecule has 0 bridgehead atoms. The summed E-state index contributed by atoms with van der Waals surface area (Å²) in [6.45, 7) is 6.98. The third-order valence-electron chi connectivity index (χ3n) is 4.36. The summed E-state index contributed by atoms with van der Waals surface area (Å²) in [6.07, 6.45) is 0.281. The first-order valence-electron chi connectivity index (χ1n) is 8.20. The third kappa shape index (κ3) is 3.05. The van der Waals surface area contributed by atoms with E-state index in [1.165, 1.54) is 4.90 Å². The van der Waals surface area contributed by atoms with Crippen molar-refractivity contribution in [3.8, 4) is 0 Å². The van der Waals surface area contributed by atoms with Crippen LogP contribution in [0.15, 0.2) is 0 Å². The minimum atomic E-state index is -0.975. The van der Waals surface area contributed by atoms with Crippen molar-refractivity contribution in [1.29, 1.82) is 0 Å². The van der Waals surface area contributed by atoms with Crippen molar-refractivity contribution in [3.05, 3.63) is 0 Å². The third-order valence-corrected chi connectivity index (χ3v) is 4.36. The van der Waals surface area contributed by atoms with Gasteiger partial charge in [0.15, 0.2) is 11.8 Å². The molecule has 9 heteroatoms. The molecular weight excluding hydrogens is 316 g/mol. The van der Waals surface area contributed by atoms with Crippen LogP contribution >= 0.6 is 0 Å². The van der Waals surface area contributed by atoms with Crippen LogP contribution < -0.4 is 16.0 Å². The average Bonchev–Trinajstić information content (AvgIpc) is 2.94. The van der Waals surface area contributed by atoms with Gasteiger partial charge in [-0.1, -0.05) is 0 Å². The lowest BCUT2D eigenvalue weighted by atomic mass is 10.0. The number of amides is 4. The first-order valence-corrected chi connectivity index (χ1v) is 8.20. The number of carbonyl (C=O) groups excluding carboxylic acids is 3. The summed E-state index contributed by atoms with van der Waals surface area (Å²) in [5.74, 6) is -0.218. The number of fused-ring (bicyclic) bond motifs is 1. The fourth-order valence-corrected chi connectivity index (χ4v) is 3.07. The van der Waals surface area contributed by atoms with E-state index in [0.29, 0.717) is 0 Å². The van der Waals surface area contributed by atoms with E-state index < -0.39 is 29.5 Å². The summed E-state index contributed by atoms with van der Waals surface area (Å²) in [5, 5.41) is 8.35. The highest BCUT2D eigenvalue weighted by Gasteiger charge is 2.79. The number of hydrogen-bond acceptors (Lipinski definition) is 6. The summed E-state index contributed by atoms with van der Waals surface area (Å²) < 4.78 is 10.3. The van der Waals surface area contributed by atoms with E-state index in [1.807, 2.05) is 0 Å². The Morgan fingerprint density at radius 3 is 2.46 bits per heavy atom. The monoisotopic (exact) mass is 340 g/mol. The number of rotatable bonds is 2. The molecule has 4 amide bonds. The van der Waals surface area contributed by atoms with E-state index in [4.69, 9.17) is 9.47 Å². The number of nitrogens with one attached hydrogen (secondary N) is 3. The van der Waals surface area contributed by atoms with Crippen LogP contribution in [0.1, 0.15) is 33.6 Å². The van der Waals surface area contributed by atoms with Crippen LogP contribution in [0.4, 0.5) is 9.59 Å². The summed E-state index contributed by atoms with van der Waals surface area (Å²) in [7, 11) is 0. The summed E-state index contributed by atoms with van der Waals surface area (Å²) in [6, 6.07) is -0.571. The van der Waals surface area contributed by atoms with Gasteiger partial charge in [-0.25, -0.2) is 14.9 Å². The van der Waals surface area contributed by atoms with Gasteiger partial charge in [0.2, 0.25) is 0 Å². The highest BCUT2D eigenvalue weighted by atomic mass is 16.6. The number of urea groups is 1. The predicted octanol–water partition coefficient (Wildman–Crippen LogP) is -0.0900. The SMILES string of the molecule is CC(C)(C)OC(=O)NC(=O)N1C2OCC21C(=O)NC1CCNCC1. The van der Waals surface area contributed by atoms with Gasteiger partial charge >= 0.3 is 12.1 Å². The van der Waals surface area contributed by atoms with E-state index in [-0.39, 0.29) is 18.6 Å². The van der Waals surface area contributed by atoms with Crippen LogP contribution in [-0.2, 0) is 14.3 Å². The van der Waals surface area contributed by atoms with E-state index in [0.717, 1.165) is 25.9 Å². The number of nitrogens with zero attached hydrogens (tertiary/aromatic N) is 1. The topological polar surface area (TPSA) is 109 Å². The second-order valence-electron chi connectivity index (χ2n) is 7.39. The molecule has 3 rings (SSSR count). The molecule has 0 aliphatic carbocycles. The molecular formula is C15H24N4O5. The zero-order chi connectivity index (χ0) is 17.5. The molecule has 0 spiro atoms. The number of carbonyl (C=O) groups is 3. The largest absolute Gasteiger partial charge is 0.443 e. The molecule has 2 unspecified atom stereocenters. The van der Waals surface area contributed by atoms with Crippen LogP contribution in [-0.4, -0.2) is 66.0 Å². The Bertz CT molecular complexity index is 555. The smallest absolute Gasteiger partial charge is 0.415 e.